The molecule has 86 valence electrons. The van der Waals surface area contributed by atoms with Crippen LogP contribution in [0.15, 0.2) is 0 Å². The van der Waals surface area contributed by atoms with Crippen molar-refractivity contribution >= 4 is 18.0 Å². The first-order valence-corrected chi connectivity index (χ1v) is 4.21. The molecule has 0 saturated heterocycles. The minimum absolute atomic E-state index is 0.00585. The van der Waals surface area contributed by atoms with Crippen molar-refractivity contribution in [3.8, 4) is 0 Å². The lowest BCUT2D eigenvalue weighted by molar-refractivity contribution is -0.140. The third-order valence-corrected chi connectivity index (χ3v) is 1.69. The van der Waals surface area contributed by atoms with E-state index in [1.165, 1.54) is 7.11 Å². The van der Waals surface area contributed by atoms with Crippen molar-refractivity contribution in [2.45, 2.75) is 18.9 Å². The number of carbonyl (C=O) groups excluding carboxylic acids is 3. The fraction of sp³-hybridized carbons (Fsp3) is 0.625. The van der Waals surface area contributed by atoms with E-state index in [-0.39, 0.29) is 12.8 Å². The summed E-state index contributed by atoms with van der Waals surface area (Å²) in [6.07, 6.45) is -0.700. The molecule has 1 atom stereocenters. The fourth-order valence-corrected chi connectivity index (χ4v) is 0.851. The Bertz CT molecular complexity index is 253. The van der Waals surface area contributed by atoms with Crippen LogP contribution in [0.2, 0.25) is 0 Å². The number of rotatable bonds is 5. The van der Waals surface area contributed by atoms with Crippen molar-refractivity contribution in [3.63, 3.8) is 0 Å². The van der Waals surface area contributed by atoms with E-state index in [2.05, 4.69) is 14.8 Å². The number of hydrogen-bond donors (Lipinski definition) is 2. The number of ether oxygens (including phenoxy) is 2. The summed E-state index contributed by atoms with van der Waals surface area (Å²) in [4.78, 5) is 32.4. The van der Waals surface area contributed by atoms with Gasteiger partial charge in [0.05, 0.1) is 14.2 Å². The molecule has 7 heteroatoms. The van der Waals surface area contributed by atoms with E-state index in [1.807, 2.05) is 0 Å². The van der Waals surface area contributed by atoms with E-state index in [9.17, 15) is 14.4 Å². The highest BCUT2D eigenvalue weighted by Gasteiger charge is 2.19. The molecule has 0 aromatic carbocycles. The van der Waals surface area contributed by atoms with Crippen LogP contribution < -0.4 is 11.1 Å². The van der Waals surface area contributed by atoms with Gasteiger partial charge in [-0.05, 0) is 6.42 Å². The number of nitrogens with one attached hydrogen (secondary N) is 1. The van der Waals surface area contributed by atoms with Crippen molar-refractivity contribution < 1.29 is 23.9 Å². The SMILES string of the molecule is COC(=O)CC[C@H](NC(=O)OC)C(N)=O. The summed E-state index contributed by atoms with van der Waals surface area (Å²) in [5.74, 6) is -1.21. The first-order chi connectivity index (χ1) is 7.01. The maximum Gasteiger partial charge on any atom is 0.407 e. The molecule has 0 saturated carbocycles. The van der Waals surface area contributed by atoms with Gasteiger partial charge in [-0.1, -0.05) is 0 Å². The highest BCUT2D eigenvalue weighted by atomic mass is 16.5. The summed E-state index contributed by atoms with van der Waals surface area (Å²) in [6.45, 7) is 0. The topological polar surface area (TPSA) is 108 Å². The average Bonchev–Trinajstić information content (AvgIpc) is 2.22. The number of amides is 2. The van der Waals surface area contributed by atoms with Gasteiger partial charge in [0.15, 0.2) is 0 Å². The van der Waals surface area contributed by atoms with Crippen LogP contribution in [0.3, 0.4) is 0 Å². The molecule has 0 heterocycles. The molecule has 0 aliphatic rings. The van der Waals surface area contributed by atoms with Crippen LogP contribution in [-0.2, 0) is 19.1 Å². The Morgan fingerprint density at radius 2 is 1.87 bits per heavy atom. The Morgan fingerprint density at radius 1 is 1.27 bits per heavy atom. The molecule has 0 aromatic heterocycles. The van der Waals surface area contributed by atoms with Crippen LogP contribution in [0.25, 0.3) is 0 Å². The number of esters is 1. The number of hydrogen-bond acceptors (Lipinski definition) is 5. The summed E-state index contributed by atoms with van der Waals surface area (Å²) in [6, 6.07) is -0.934. The molecular weight excluding hydrogens is 204 g/mol. The molecule has 0 bridgehead atoms. The highest BCUT2D eigenvalue weighted by molar-refractivity contribution is 5.84. The number of nitrogens with two attached hydrogens (primary N) is 1. The molecule has 0 radical (unpaired) electrons. The molecule has 0 spiro atoms. The normalized spacial score (nSPS) is 11.3. The van der Waals surface area contributed by atoms with Gasteiger partial charge in [-0.25, -0.2) is 4.79 Å². The molecular formula is C8H14N2O5. The largest absolute Gasteiger partial charge is 0.469 e. The van der Waals surface area contributed by atoms with Crippen molar-refractivity contribution in [2.24, 2.45) is 5.73 Å². The molecule has 0 unspecified atom stereocenters. The number of methoxy groups -OCH3 is 2. The van der Waals surface area contributed by atoms with E-state index < -0.39 is 24.0 Å². The summed E-state index contributed by atoms with van der Waals surface area (Å²) in [5, 5.41) is 2.20. The third kappa shape index (κ3) is 5.50. The maximum atomic E-state index is 10.9. The first kappa shape index (κ1) is 13.2. The Kier molecular flexibility index (Phi) is 5.84. The number of alkyl carbamates (subject to hydrolysis) is 1. The van der Waals surface area contributed by atoms with E-state index in [1.54, 1.807) is 0 Å². The summed E-state index contributed by atoms with van der Waals surface area (Å²) < 4.78 is 8.67. The van der Waals surface area contributed by atoms with Crippen molar-refractivity contribution in [1.82, 2.24) is 5.32 Å². The Morgan fingerprint density at radius 3 is 2.27 bits per heavy atom. The van der Waals surface area contributed by atoms with E-state index >= 15 is 0 Å². The predicted octanol–water partition coefficient (Wildman–Crippen LogP) is -0.850. The molecule has 0 fully saturated rings. The second-order valence-electron chi connectivity index (χ2n) is 2.71. The predicted molar refractivity (Wildman–Crippen MR) is 49.8 cm³/mol. The minimum Gasteiger partial charge on any atom is -0.469 e. The van der Waals surface area contributed by atoms with Crippen LogP contribution in [0.5, 0.6) is 0 Å². The Balaban J connectivity index is 4.11. The quantitative estimate of drug-likeness (QED) is 0.584. The maximum absolute atomic E-state index is 10.9. The Hall–Kier alpha value is -1.79. The molecule has 3 N–H and O–H groups in total. The van der Waals surface area contributed by atoms with Gasteiger partial charge < -0.3 is 20.5 Å². The van der Waals surface area contributed by atoms with Gasteiger partial charge in [0.25, 0.3) is 0 Å². The van der Waals surface area contributed by atoms with Crippen LogP contribution in [0.4, 0.5) is 4.79 Å². The van der Waals surface area contributed by atoms with Gasteiger partial charge in [0.1, 0.15) is 6.04 Å². The molecule has 0 aliphatic heterocycles. The third-order valence-electron chi connectivity index (χ3n) is 1.69. The zero-order chi connectivity index (χ0) is 11.8. The van der Waals surface area contributed by atoms with Crippen molar-refractivity contribution in [3.05, 3.63) is 0 Å². The fourth-order valence-electron chi connectivity index (χ4n) is 0.851. The zero-order valence-corrected chi connectivity index (χ0v) is 8.61. The minimum atomic E-state index is -0.934. The van der Waals surface area contributed by atoms with Crippen molar-refractivity contribution in [2.75, 3.05) is 14.2 Å². The van der Waals surface area contributed by atoms with Gasteiger partial charge in [-0.3, -0.25) is 9.59 Å². The molecule has 0 rings (SSSR count). The number of primary amides is 1. The van der Waals surface area contributed by atoms with Crippen LogP contribution in [0.1, 0.15) is 12.8 Å². The van der Waals surface area contributed by atoms with Crippen molar-refractivity contribution in [1.29, 1.82) is 0 Å². The molecule has 0 aliphatic carbocycles. The van der Waals surface area contributed by atoms with Gasteiger partial charge in [-0.15, -0.1) is 0 Å². The second-order valence-corrected chi connectivity index (χ2v) is 2.71. The summed E-state index contributed by atoms with van der Waals surface area (Å²) in [7, 11) is 2.39. The second kappa shape index (κ2) is 6.63. The smallest absolute Gasteiger partial charge is 0.407 e. The lowest BCUT2D eigenvalue weighted by Gasteiger charge is -2.13. The highest BCUT2D eigenvalue weighted by Crippen LogP contribution is 1.99. The monoisotopic (exact) mass is 218 g/mol. The zero-order valence-electron chi connectivity index (χ0n) is 8.61. The van der Waals surface area contributed by atoms with Crippen LogP contribution in [-0.4, -0.2) is 38.2 Å². The van der Waals surface area contributed by atoms with E-state index in [0.717, 1.165) is 7.11 Å². The molecule has 15 heavy (non-hydrogen) atoms. The number of carbonyl (C=O) groups is 3. The van der Waals surface area contributed by atoms with E-state index in [0.29, 0.717) is 0 Å². The lowest BCUT2D eigenvalue weighted by Crippen LogP contribution is -2.44. The van der Waals surface area contributed by atoms with Crippen LogP contribution >= 0.6 is 0 Å². The average molecular weight is 218 g/mol. The molecule has 2 amide bonds. The van der Waals surface area contributed by atoms with Crippen LogP contribution in [0, 0.1) is 0 Å². The first-order valence-electron chi connectivity index (χ1n) is 4.21. The molecule has 7 nitrogen and oxygen atoms in total. The van der Waals surface area contributed by atoms with Gasteiger partial charge in [0.2, 0.25) is 5.91 Å². The van der Waals surface area contributed by atoms with E-state index in [4.69, 9.17) is 5.73 Å². The van der Waals surface area contributed by atoms with Gasteiger partial charge >= 0.3 is 12.1 Å². The Labute approximate surface area is 86.9 Å². The summed E-state index contributed by atoms with van der Waals surface area (Å²) in [5.41, 5.74) is 5.01. The van der Waals surface area contributed by atoms with Gasteiger partial charge in [0, 0.05) is 6.42 Å². The molecule has 0 aromatic rings. The standard InChI is InChI=1S/C8H14N2O5/c1-14-6(11)4-3-5(7(9)12)10-8(13)15-2/h5H,3-4H2,1-2H3,(H2,9,12)(H,10,13)/t5-/m0/s1. The van der Waals surface area contributed by atoms with Gasteiger partial charge in [-0.2, -0.15) is 0 Å². The summed E-state index contributed by atoms with van der Waals surface area (Å²) >= 11 is 0. The lowest BCUT2D eigenvalue weighted by atomic mass is 10.1.